The minimum absolute atomic E-state index is 0.567. The predicted molar refractivity (Wildman–Crippen MR) is 69.5 cm³/mol. The monoisotopic (exact) mass is 244 g/mol. The maximum absolute atomic E-state index is 5.32. The molecule has 2 aromatic heterocycles. The van der Waals surface area contributed by atoms with Crippen LogP contribution in [0.25, 0.3) is 0 Å². The predicted octanol–water partition coefficient (Wildman–Crippen LogP) is 2.19. The molecule has 0 atom stereocenters. The molecule has 94 valence electrons. The first-order chi connectivity index (χ1) is 8.79. The molecule has 2 heterocycles. The maximum Gasteiger partial charge on any atom is 0.226 e. The molecule has 5 nitrogen and oxygen atoms in total. The lowest BCUT2D eigenvalue weighted by atomic mass is 10.1. The fourth-order valence-corrected chi connectivity index (χ4v) is 1.53. The van der Waals surface area contributed by atoms with E-state index in [0.717, 1.165) is 5.56 Å². The molecule has 0 amide bonds. The summed E-state index contributed by atoms with van der Waals surface area (Å²) in [5.74, 6) is 1.15. The van der Waals surface area contributed by atoms with Crippen molar-refractivity contribution in [2.45, 2.75) is 20.4 Å². The first kappa shape index (κ1) is 12.3. The number of nitrogens with one attached hydrogen (secondary N) is 1. The van der Waals surface area contributed by atoms with Gasteiger partial charge >= 0.3 is 0 Å². The summed E-state index contributed by atoms with van der Waals surface area (Å²) in [6, 6.07) is 3.72. The van der Waals surface area contributed by atoms with Crippen LogP contribution < -0.4 is 10.1 Å². The van der Waals surface area contributed by atoms with E-state index in [-0.39, 0.29) is 0 Å². The van der Waals surface area contributed by atoms with Gasteiger partial charge in [0.1, 0.15) is 0 Å². The summed E-state index contributed by atoms with van der Waals surface area (Å²) in [4.78, 5) is 12.5. The van der Waals surface area contributed by atoms with Gasteiger partial charge in [-0.25, -0.2) is 4.98 Å². The Kier molecular flexibility index (Phi) is 4.06. The van der Waals surface area contributed by atoms with E-state index in [1.54, 1.807) is 18.5 Å². The van der Waals surface area contributed by atoms with Crippen molar-refractivity contribution in [2.24, 2.45) is 0 Å². The highest BCUT2D eigenvalue weighted by molar-refractivity contribution is 5.31. The van der Waals surface area contributed by atoms with Crippen LogP contribution in [-0.2, 0) is 6.54 Å². The molecular formula is C13H16N4O. The Balaban J connectivity index is 2.02. The van der Waals surface area contributed by atoms with Crippen molar-refractivity contribution < 1.29 is 4.74 Å². The summed E-state index contributed by atoms with van der Waals surface area (Å²) in [6.45, 7) is 5.22. The Hall–Kier alpha value is -2.17. The fraction of sp³-hybridized carbons (Fsp3) is 0.308. The van der Waals surface area contributed by atoms with E-state index in [1.165, 1.54) is 5.56 Å². The Bertz CT molecular complexity index is 516. The first-order valence-corrected chi connectivity index (χ1v) is 5.89. The van der Waals surface area contributed by atoms with Crippen LogP contribution in [-0.4, -0.2) is 21.6 Å². The van der Waals surface area contributed by atoms with Crippen molar-refractivity contribution in [3.63, 3.8) is 0 Å². The molecule has 0 aliphatic rings. The normalized spacial score (nSPS) is 10.1. The number of anilines is 1. The van der Waals surface area contributed by atoms with Crippen molar-refractivity contribution in [3.05, 3.63) is 41.9 Å². The molecule has 0 saturated heterocycles. The standard InChI is InChI=1S/C13H16N4O/c1-3-18-12-5-7-15-13(17-12)16-9-11-4-6-14-8-10(11)2/h4-8H,3,9H2,1-2H3,(H,15,16,17). The second-order valence-electron chi connectivity index (χ2n) is 3.81. The van der Waals surface area contributed by atoms with Crippen LogP contribution in [0.1, 0.15) is 18.1 Å². The number of pyridine rings is 1. The average Bonchev–Trinajstić information content (AvgIpc) is 2.39. The van der Waals surface area contributed by atoms with Crippen LogP contribution in [0, 0.1) is 6.92 Å². The zero-order valence-electron chi connectivity index (χ0n) is 10.6. The Labute approximate surface area is 106 Å². The van der Waals surface area contributed by atoms with Crippen LogP contribution in [0.5, 0.6) is 5.88 Å². The number of hydrogen-bond donors (Lipinski definition) is 1. The van der Waals surface area contributed by atoms with Crippen molar-refractivity contribution >= 4 is 5.95 Å². The number of rotatable bonds is 5. The highest BCUT2D eigenvalue weighted by Gasteiger charge is 2.01. The van der Waals surface area contributed by atoms with Gasteiger partial charge in [-0.15, -0.1) is 0 Å². The molecule has 0 bridgehead atoms. The molecule has 2 aromatic rings. The van der Waals surface area contributed by atoms with Gasteiger partial charge in [0, 0.05) is 31.2 Å². The van der Waals surface area contributed by atoms with Crippen LogP contribution in [0.4, 0.5) is 5.95 Å². The van der Waals surface area contributed by atoms with Gasteiger partial charge in [0.15, 0.2) is 0 Å². The van der Waals surface area contributed by atoms with Gasteiger partial charge in [-0.3, -0.25) is 4.98 Å². The third kappa shape index (κ3) is 3.16. The molecule has 2 rings (SSSR count). The summed E-state index contributed by atoms with van der Waals surface area (Å²) in [5, 5.41) is 3.17. The fourth-order valence-electron chi connectivity index (χ4n) is 1.53. The molecule has 0 radical (unpaired) electrons. The molecule has 5 heteroatoms. The second kappa shape index (κ2) is 5.95. The molecule has 1 N–H and O–H groups in total. The van der Waals surface area contributed by atoms with Gasteiger partial charge in [-0.1, -0.05) is 0 Å². The summed E-state index contributed by atoms with van der Waals surface area (Å²) < 4.78 is 5.32. The molecule has 0 saturated carbocycles. The zero-order valence-corrected chi connectivity index (χ0v) is 10.6. The summed E-state index contributed by atoms with van der Waals surface area (Å²) in [6.07, 6.45) is 5.30. The molecule has 0 aliphatic carbocycles. The van der Waals surface area contributed by atoms with Crippen LogP contribution >= 0.6 is 0 Å². The first-order valence-electron chi connectivity index (χ1n) is 5.89. The van der Waals surface area contributed by atoms with Crippen LogP contribution in [0.15, 0.2) is 30.7 Å². The molecule has 0 fully saturated rings. The minimum Gasteiger partial charge on any atom is -0.478 e. The Morgan fingerprint density at radius 3 is 2.94 bits per heavy atom. The smallest absolute Gasteiger partial charge is 0.226 e. The van der Waals surface area contributed by atoms with Crippen LogP contribution in [0.2, 0.25) is 0 Å². The van der Waals surface area contributed by atoms with Gasteiger partial charge in [-0.2, -0.15) is 4.98 Å². The van der Waals surface area contributed by atoms with Crippen molar-refractivity contribution in [3.8, 4) is 5.88 Å². The molecular weight excluding hydrogens is 228 g/mol. The van der Waals surface area contributed by atoms with E-state index >= 15 is 0 Å². The largest absolute Gasteiger partial charge is 0.478 e. The SMILES string of the molecule is CCOc1ccnc(NCc2ccncc2C)n1. The summed E-state index contributed by atoms with van der Waals surface area (Å²) in [5.41, 5.74) is 2.32. The molecule has 18 heavy (non-hydrogen) atoms. The number of aryl methyl sites for hydroxylation is 1. The lowest BCUT2D eigenvalue weighted by molar-refractivity contribution is 0.326. The lowest BCUT2D eigenvalue weighted by Crippen LogP contribution is -2.06. The van der Waals surface area contributed by atoms with E-state index in [9.17, 15) is 0 Å². The number of ether oxygens (including phenoxy) is 1. The van der Waals surface area contributed by atoms with Gasteiger partial charge in [0.2, 0.25) is 11.8 Å². The highest BCUT2D eigenvalue weighted by atomic mass is 16.5. The third-order valence-electron chi connectivity index (χ3n) is 2.50. The Morgan fingerprint density at radius 2 is 2.17 bits per heavy atom. The molecule has 0 aliphatic heterocycles. The van der Waals surface area contributed by atoms with E-state index < -0.39 is 0 Å². The van der Waals surface area contributed by atoms with Crippen LogP contribution in [0.3, 0.4) is 0 Å². The summed E-state index contributed by atoms with van der Waals surface area (Å²) >= 11 is 0. The van der Waals surface area contributed by atoms with Gasteiger partial charge in [-0.05, 0) is 31.0 Å². The quantitative estimate of drug-likeness (QED) is 0.873. The molecule has 0 unspecified atom stereocenters. The second-order valence-corrected chi connectivity index (χ2v) is 3.81. The van der Waals surface area contributed by atoms with E-state index in [0.29, 0.717) is 25.0 Å². The number of aromatic nitrogens is 3. The van der Waals surface area contributed by atoms with Crippen molar-refractivity contribution in [1.29, 1.82) is 0 Å². The van der Waals surface area contributed by atoms with Crippen molar-refractivity contribution in [2.75, 3.05) is 11.9 Å². The number of hydrogen-bond acceptors (Lipinski definition) is 5. The third-order valence-corrected chi connectivity index (χ3v) is 2.50. The van der Waals surface area contributed by atoms with Gasteiger partial charge < -0.3 is 10.1 Å². The Morgan fingerprint density at radius 1 is 1.28 bits per heavy atom. The lowest BCUT2D eigenvalue weighted by Gasteiger charge is -2.08. The molecule has 0 spiro atoms. The van der Waals surface area contributed by atoms with E-state index in [4.69, 9.17) is 4.74 Å². The number of nitrogens with zero attached hydrogens (tertiary/aromatic N) is 3. The molecule has 0 aromatic carbocycles. The topological polar surface area (TPSA) is 59.9 Å². The minimum atomic E-state index is 0.567. The summed E-state index contributed by atoms with van der Waals surface area (Å²) in [7, 11) is 0. The van der Waals surface area contributed by atoms with Gasteiger partial charge in [0.25, 0.3) is 0 Å². The highest BCUT2D eigenvalue weighted by Crippen LogP contribution is 2.11. The average molecular weight is 244 g/mol. The van der Waals surface area contributed by atoms with Gasteiger partial charge in [0.05, 0.1) is 6.61 Å². The maximum atomic E-state index is 5.32. The van der Waals surface area contributed by atoms with Crippen molar-refractivity contribution in [1.82, 2.24) is 15.0 Å². The van der Waals surface area contributed by atoms with E-state index in [1.807, 2.05) is 26.1 Å². The van der Waals surface area contributed by atoms with E-state index in [2.05, 4.69) is 20.3 Å². The zero-order chi connectivity index (χ0) is 12.8.